The molecule has 0 unspecified atom stereocenters. The smallest absolute Gasteiger partial charge is 0.211 e. The summed E-state index contributed by atoms with van der Waals surface area (Å²) in [4.78, 5) is 9.95. The molecule has 0 aliphatic heterocycles. The number of rotatable bonds is 2. The lowest BCUT2D eigenvalue weighted by Gasteiger charge is -2.02. The van der Waals surface area contributed by atoms with Crippen LogP contribution in [0.5, 0.6) is 5.75 Å². The number of phenolic OH excluding ortho intramolecular Hbond substituents is 1. The van der Waals surface area contributed by atoms with Crippen LogP contribution in [0.15, 0.2) is 12.1 Å². The minimum absolute atomic E-state index is 0.00750. The monoisotopic (exact) mass is 189 g/mol. The van der Waals surface area contributed by atoms with Gasteiger partial charge in [-0.1, -0.05) is 11.6 Å². The molecule has 3 nitrogen and oxygen atoms in total. The minimum atomic E-state index is -0.696. The largest absolute Gasteiger partial charge is 0.506 e. The van der Waals surface area contributed by atoms with E-state index >= 15 is 0 Å². The van der Waals surface area contributed by atoms with E-state index in [4.69, 9.17) is 16.7 Å². The molecule has 0 radical (unpaired) electrons. The molecule has 0 aliphatic rings. The van der Waals surface area contributed by atoms with Crippen molar-refractivity contribution in [1.82, 2.24) is 0 Å². The van der Waals surface area contributed by atoms with E-state index in [0.29, 0.717) is 6.41 Å². The molecule has 1 rings (SSSR count). The molecule has 0 aromatic heterocycles. The highest BCUT2D eigenvalue weighted by Gasteiger charge is 2.06. The second kappa shape index (κ2) is 3.40. The van der Waals surface area contributed by atoms with Gasteiger partial charge in [0.05, 0.1) is 10.7 Å². The first kappa shape index (κ1) is 8.80. The van der Waals surface area contributed by atoms with E-state index in [1.807, 2.05) is 0 Å². The average molecular weight is 190 g/mol. The lowest BCUT2D eigenvalue weighted by atomic mass is 10.3. The maximum Gasteiger partial charge on any atom is 0.211 e. The third kappa shape index (κ3) is 1.65. The summed E-state index contributed by atoms with van der Waals surface area (Å²) in [5.41, 5.74) is -0.00750. The van der Waals surface area contributed by atoms with E-state index in [2.05, 4.69) is 5.32 Å². The zero-order valence-corrected chi connectivity index (χ0v) is 6.60. The fourth-order valence-corrected chi connectivity index (χ4v) is 0.873. The Balaban J connectivity index is 3.13. The van der Waals surface area contributed by atoms with E-state index in [1.165, 1.54) is 0 Å². The van der Waals surface area contributed by atoms with Gasteiger partial charge in [-0.15, -0.1) is 0 Å². The molecule has 1 aromatic rings. The number of hydrogen-bond acceptors (Lipinski definition) is 2. The van der Waals surface area contributed by atoms with Crippen LogP contribution in [0.2, 0.25) is 5.02 Å². The van der Waals surface area contributed by atoms with Gasteiger partial charge in [-0.25, -0.2) is 4.39 Å². The van der Waals surface area contributed by atoms with Gasteiger partial charge >= 0.3 is 0 Å². The predicted octanol–water partition coefficient (Wildman–Crippen LogP) is 1.75. The third-order valence-corrected chi connectivity index (χ3v) is 1.54. The van der Waals surface area contributed by atoms with Gasteiger partial charge in [0, 0.05) is 12.1 Å². The van der Waals surface area contributed by atoms with Crippen LogP contribution < -0.4 is 5.32 Å². The van der Waals surface area contributed by atoms with Gasteiger partial charge in [0.2, 0.25) is 6.41 Å². The number of phenols is 1. The van der Waals surface area contributed by atoms with E-state index in [-0.39, 0.29) is 16.5 Å². The van der Waals surface area contributed by atoms with Crippen molar-refractivity contribution in [2.45, 2.75) is 0 Å². The number of nitrogens with one attached hydrogen (secondary N) is 1. The summed E-state index contributed by atoms with van der Waals surface area (Å²) in [6, 6.07) is 1.95. The van der Waals surface area contributed by atoms with E-state index < -0.39 is 5.82 Å². The molecule has 0 saturated heterocycles. The highest BCUT2D eigenvalue weighted by Crippen LogP contribution is 2.28. The Morgan fingerprint density at radius 2 is 2.25 bits per heavy atom. The molecule has 1 amide bonds. The molecular formula is C7H5ClFNO2. The molecule has 0 saturated carbocycles. The van der Waals surface area contributed by atoms with Crippen LogP contribution in [0.4, 0.5) is 10.1 Å². The molecule has 64 valence electrons. The number of carbonyl (C=O) groups is 1. The Morgan fingerprint density at radius 1 is 1.58 bits per heavy atom. The van der Waals surface area contributed by atoms with Crippen molar-refractivity contribution < 1.29 is 14.3 Å². The van der Waals surface area contributed by atoms with Crippen molar-refractivity contribution in [2.24, 2.45) is 0 Å². The third-order valence-electron chi connectivity index (χ3n) is 1.25. The van der Waals surface area contributed by atoms with Crippen LogP contribution in [0.3, 0.4) is 0 Å². The normalized spacial score (nSPS) is 9.50. The summed E-state index contributed by atoms with van der Waals surface area (Å²) in [6.45, 7) is 0. The zero-order valence-electron chi connectivity index (χ0n) is 5.84. The second-order valence-corrected chi connectivity index (χ2v) is 2.45. The Labute approximate surface area is 72.8 Å². The standard InChI is InChI=1S/C7H5ClFNO2/c8-4-1-7(12)6(10-3-11)2-5(4)9/h1-3,12H,(H,10,11). The topological polar surface area (TPSA) is 49.3 Å². The molecule has 0 fully saturated rings. The van der Waals surface area contributed by atoms with Crippen molar-refractivity contribution >= 4 is 23.7 Å². The Morgan fingerprint density at radius 3 is 2.83 bits per heavy atom. The van der Waals surface area contributed by atoms with E-state index in [9.17, 15) is 9.18 Å². The van der Waals surface area contributed by atoms with Crippen molar-refractivity contribution in [3.63, 3.8) is 0 Å². The van der Waals surface area contributed by atoms with Gasteiger partial charge in [-0.05, 0) is 0 Å². The summed E-state index contributed by atoms with van der Waals surface area (Å²) in [7, 11) is 0. The number of anilines is 1. The summed E-state index contributed by atoms with van der Waals surface area (Å²) in [6.07, 6.45) is 0.336. The fourth-order valence-electron chi connectivity index (χ4n) is 0.715. The Hall–Kier alpha value is -1.29. The van der Waals surface area contributed by atoms with Crippen LogP contribution >= 0.6 is 11.6 Å². The van der Waals surface area contributed by atoms with E-state index in [0.717, 1.165) is 12.1 Å². The van der Waals surface area contributed by atoms with Crippen LogP contribution in [-0.4, -0.2) is 11.5 Å². The summed E-state index contributed by atoms with van der Waals surface area (Å²) in [5.74, 6) is -0.965. The molecule has 1 aromatic carbocycles. The molecule has 0 atom stereocenters. The first-order chi connectivity index (χ1) is 5.65. The van der Waals surface area contributed by atoms with Crippen molar-refractivity contribution in [1.29, 1.82) is 0 Å². The molecule has 0 spiro atoms. The van der Waals surface area contributed by atoms with Gasteiger partial charge in [0.25, 0.3) is 0 Å². The number of benzene rings is 1. The van der Waals surface area contributed by atoms with Gasteiger partial charge < -0.3 is 10.4 Å². The fraction of sp³-hybridized carbons (Fsp3) is 0. The molecular weight excluding hydrogens is 185 g/mol. The highest BCUT2D eigenvalue weighted by molar-refractivity contribution is 6.31. The van der Waals surface area contributed by atoms with Gasteiger partial charge in [-0.3, -0.25) is 4.79 Å². The minimum Gasteiger partial charge on any atom is -0.506 e. The molecule has 0 aliphatic carbocycles. The molecule has 2 N–H and O–H groups in total. The molecule has 0 bridgehead atoms. The number of amides is 1. The summed E-state index contributed by atoms with van der Waals surface area (Å²) >= 11 is 5.33. The van der Waals surface area contributed by atoms with Gasteiger partial charge in [0.15, 0.2) is 0 Å². The number of hydrogen-bond donors (Lipinski definition) is 2. The highest BCUT2D eigenvalue weighted by atomic mass is 35.5. The molecule has 12 heavy (non-hydrogen) atoms. The number of aromatic hydroxyl groups is 1. The summed E-state index contributed by atoms with van der Waals surface area (Å²) < 4.78 is 12.7. The quantitative estimate of drug-likeness (QED) is 0.550. The second-order valence-electron chi connectivity index (χ2n) is 2.05. The molecule has 5 heteroatoms. The Bertz CT molecular complexity index is 317. The maximum atomic E-state index is 12.7. The average Bonchev–Trinajstić information content (AvgIpc) is 2.01. The number of halogens is 2. The first-order valence-electron chi connectivity index (χ1n) is 3.03. The van der Waals surface area contributed by atoms with Crippen molar-refractivity contribution in [3.8, 4) is 5.75 Å². The maximum absolute atomic E-state index is 12.7. The summed E-state index contributed by atoms with van der Waals surface area (Å²) in [5, 5.41) is 11.0. The SMILES string of the molecule is O=CNc1cc(F)c(Cl)cc1O. The zero-order chi connectivity index (χ0) is 9.14. The van der Waals surface area contributed by atoms with Crippen LogP contribution in [0.25, 0.3) is 0 Å². The van der Waals surface area contributed by atoms with Crippen molar-refractivity contribution in [3.05, 3.63) is 23.0 Å². The lowest BCUT2D eigenvalue weighted by Crippen LogP contribution is -1.94. The number of carbonyl (C=O) groups excluding carboxylic acids is 1. The van der Waals surface area contributed by atoms with Gasteiger partial charge in [0.1, 0.15) is 11.6 Å². The van der Waals surface area contributed by atoms with Crippen molar-refractivity contribution in [2.75, 3.05) is 5.32 Å². The Kier molecular flexibility index (Phi) is 2.50. The lowest BCUT2D eigenvalue weighted by molar-refractivity contribution is -0.105. The first-order valence-corrected chi connectivity index (χ1v) is 3.41. The molecule has 0 heterocycles. The van der Waals surface area contributed by atoms with Gasteiger partial charge in [-0.2, -0.15) is 0 Å². The van der Waals surface area contributed by atoms with Crippen LogP contribution in [-0.2, 0) is 4.79 Å². The predicted molar refractivity (Wildman–Crippen MR) is 42.8 cm³/mol. The van der Waals surface area contributed by atoms with E-state index in [1.54, 1.807) is 0 Å². The van der Waals surface area contributed by atoms with Crippen LogP contribution in [0, 0.1) is 5.82 Å². The van der Waals surface area contributed by atoms with Crippen LogP contribution in [0.1, 0.15) is 0 Å².